The third-order valence-corrected chi connectivity index (χ3v) is 6.17. The Morgan fingerprint density at radius 3 is 2.52 bits per heavy atom. The standard InChI is InChI=1S/C22H29F2N3O2/c1-13(2)5-21(28)27-10-14-8-26(9-15(14)11-27)17-7-20(25)22(29-12-17)18-6-16(23)3-4-19(18)24/h3-4,6,13,17,20,22H,5,7-12,25H2,1-2H3/t17-,20?,22-/m1/s1. The lowest BCUT2D eigenvalue weighted by atomic mass is 9.93. The molecule has 1 aromatic carbocycles. The Balaban J connectivity index is 1.33. The zero-order valence-electron chi connectivity index (χ0n) is 17.0. The molecule has 0 spiro atoms. The second-order valence-corrected chi connectivity index (χ2v) is 8.93. The van der Waals surface area contributed by atoms with Crippen LogP contribution < -0.4 is 5.73 Å². The van der Waals surface area contributed by atoms with Crippen molar-refractivity contribution in [2.24, 2.45) is 11.7 Å². The molecule has 29 heavy (non-hydrogen) atoms. The smallest absolute Gasteiger partial charge is 0.223 e. The number of nitrogens with zero attached hydrogens (tertiary/aromatic N) is 2. The summed E-state index contributed by atoms with van der Waals surface area (Å²) in [4.78, 5) is 16.6. The SMILES string of the molecule is CC(C)CC(=O)N1CC2=C(C1)CN([C@H]1CO[C@H](c3cc(F)ccc3F)C(N)C1)C2. The van der Waals surface area contributed by atoms with E-state index < -0.39 is 23.8 Å². The Labute approximate surface area is 170 Å². The maximum Gasteiger partial charge on any atom is 0.223 e. The van der Waals surface area contributed by atoms with Gasteiger partial charge in [0.05, 0.1) is 6.61 Å². The highest BCUT2D eigenvalue weighted by Gasteiger charge is 2.39. The van der Waals surface area contributed by atoms with Gasteiger partial charge in [-0.05, 0) is 41.7 Å². The third kappa shape index (κ3) is 4.22. The minimum Gasteiger partial charge on any atom is -0.370 e. The zero-order valence-corrected chi connectivity index (χ0v) is 17.0. The Kier molecular flexibility index (Phi) is 5.73. The van der Waals surface area contributed by atoms with Crippen molar-refractivity contribution in [1.82, 2.24) is 9.80 Å². The van der Waals surface area contributed by atoms with Crippen molar-refractivity contribution in [3.8, 4) is 0 Å². The van der Waals surface area contributed by atoms with Gasteiger partial charge in [-0.3, -0.25) is 9.69 Å². The first-order chi connectivity index (χ1) is 13.8. The molecule has 4 rings (SSSR count). The molecular formula is C22H29F2N3O2. The lowest BCUT2D eigenvalue weighted by molar-refractivity contribution is -0.130. The number of carbonyl (C=O) groups excluding carboxylic acids is 1. The predicted molar refractivity (Wildman–Crippen MR) is 106 cm³/mol. The number of hydrogen-bond acceptors (Lipinski definition) is 4. The quantitative estimate of drug-likeness (QED) is 0.783. The van der Waals surface area contributed by atoms with Gasteiger partial charge < -0.3 is 15.4 Å². The van der Waals surface area contributed by atoms with Crippen LogP contribution in [0.3, 0.4) is 0 Å². The summed E-state index contributed by atoms with van der Waals surface area (Å²) in [6.07, 6.45) is 0.624. The molecule has 3 heterocycles. The first-order valence-electron chi connectivity index (χ1n) is 10.4. The van der Waals surface area contributed by atoms with Crippen LogP contribution in [0, 0.1) is 17.6 Å². The highest BCUT2D eigenvalue weighted by Crippen LogP contribution is 2.34. The van der Waals surface area contributed by atoms with Crippen molar-refractivity contribution in [2.45, 2.75) is 44.9 Å². The molecule has 1 aromatic rings. The fourth-order valence-corrected chi connectivity index (χ4v) is 4.67. The average Bonchev–Trinajstić information content (AvgIpc) is 3.22. The molecule has 3 aliphatic heterocycles. The van der Waals surface area contributed by atoms with Gasteiger partial charge in [0, 0.05) is 50.2 Å². The van der Waals surface area contributed by atoms with Crippen LogP contribution in [0.25, 0.3) is 0 Å². The Bertz CT molecular complexity index is 808. The highest BCUT2D eigenvalue weighted by molar-refractivity contribution is 5.77. The number of nitrogens with two attached hydrogens (primary N) is 1. The minimum absolute atomic E-state index is 0.142. The Hall–Kier alpha value is -1.83. The van der Waals surface area contributed by atoms with Crippen molar-refractivity contribution in [3.63, 3.8) is 0 Å². The van der Waals surface area contributed by atoms with Crippen LogP contribution in [0.15, 0.2) is 29.3 Å². The number of rotatable bonds is 4. The summed E-state index contributed by atoms with van der Waals surface area (Å²) in [7, 11) is 0. The molecule has 7 heteroatoms. The van der Waals surface area contributed by atoms with Crippen LogP contribution in [0.2, 0.25) is 0 Å². The van der Waals surface area contributed by atoms with Crippen molar-refractivity contribution in [2.75, 3.05) is 32.8 Å². The first-order valence-corrected chi connectivity index (χ1v) is 10.4. The topological polar surface area (TPSA) is 58.8 Å². The molecule has 0 radical (unpaired) electrons. The number of benzene rings is 1. The number of halogens is 2. The molecule has 5 nitrogen and oxygen atoms in total. The van der Waals surface area contributed by atoms with Gasteiger partial charge >= 0.3 is 0 Å². The van der Waals surface area contributed by atoms with E-state index in [0.29, 0.717) is 38.5 Å². The van der Waals surface area contributed by atoms with Crippen LogP contribution >= 0.6 is 0 Å². The number of hydrogen-bond donors (Lipinski definition) is 1. The van der Waals surface area contributed by atoms with E-state index in [9.17, 15) is 13.6 Å². The van der Waals surface area contributed by atoms with Crippen LogP contribution in [0.4, 0.5) is 8.78 Å². The van der Waals surface area contributed by atoms with Crippen molar-refractivity contribution >= 4 is 5.91 Å². The van der Waals surface area contributed by atoms with Crippen molar-refractivity contribution in [1.29, 1.82) is 0 Å². The largest absolute Gasteiger partial charge is 0.370 e. The lowest BCUT2D eigenvalue weighted by Gasteiger charge is -2.39. The molecule has 0 aliphatic carbocycles. The highest BCUT2D eigenvalue weighted by atomic mass is 19.1. The van der Waals surface area contributed by atoms with Crippen LogP contribution in [-0.4, -0.2) is 60.6 Å². The second-order valence-electron chi connectivity index (χ2n) is 8.93. The lowest BCUT2D eigenvalue weighted by Crippen LogP contribution is -2.49. The summed E-state index contributed by atoms with van der Waals surface area (Å²) < 4.78 is 33.6. The molecule has 0 aromatic heterocycles. The average molecular weight is 405 g/mol. The minimum atomic E-state index is -0.631. The third-order valence-electron chi connectivity index (χ3n) is 6.17. The van der Waals surface area contributed by atoms with Gasteiger partial charge in [-0.25, -0.2) is 8.78 Å². The van der Waals surface area contributed by atoms with E-state index in [0.717, 1.165) is 25.2 Å². The first kappa shape index (κ1) is 20.4. The molecule has 1 saturated heterocycles. The maximum atomic E-state index is 14.1. The molecular weight excluding hydrogens is 376 g/mol. The number of carbonyl (C=O) groups is 1. The summed E-state index contributed by atoms with van der Waals surface area (Å²) in [6, 6.07) is 3.14. The molecule has 1 unspecified atom stereocenters. The zero-order chi connectivity index (χ0) is 20.7. The summed E-state index contributed by atoms with van der Waals surface area (Å²) in [5.41, 5.74) is 9.15. The molecule has 1 fully saturated rings. The van der Waals surface area contributed by atoms with Gasteiger partial charge in [0.1, 0.15) is 17.7 Å². The van der Waals surface area contributed by atoms with Gasteiger partial charge in [0.2, 0.25) is 5.91 Å². The van der Waals surface area contributed by atoms with Crippen molar-refractivity contribution < 1.29 is 18.3 Å². The molecule has 1 amide bonds. The Morgan fingerprint density at radius 1 is 1.21 bits per heavy atom. The molecule has 0 bridgehead atoms. The van der Waals surface area contributed by atoms with Crippen LogP contribution in [-0.2, 0) is 9.53 Å². The number of ether oxygens (including phenoxy) is 1. The van der Waals surface area contributed by atoms with Gasteiger partial charge in [-0.1, -0.05) is 13.8 Å². The van der Waals surface area contributed by atoms with Gasteiger partial charge in [-0.2, -0.15) is 0 Å². The molecule has 2 N–H and O–H groups in total. The monoisotopic (exact) mass is 405 g/mol. The Morgan fingerprint density at radius 2 is 1.90 bits per heavy atom. The van der Waals surface area contributed by atoms with Gasteiger partial charge in [0.15, 0.2) is 0 Å². The number of amides is 1. The fourth-order valence-electron chi connectivity index (χ4n) is 4.67. The summed E-state index contributed by atoms with van der Waals surface area (Å²) >= 11 is 0. The van der Waals surface area contributed by atoms with Gasteiger partial charge in [-0.15, -0.1) is 0 Å². The predicted octanol–water partition coefficient (Wildman–Crippen LogP) is 2.62. The van der Waals surface area contributed by atoms with Crippen molar-refractivity contribution in [3.05, 3.63) is 46.5 Å². The molecule has 3 aliphatic rings. The van der Waals surface area contributed by atoms with E-state index >= 15 is 0 Å². The van der Waals surface area contributed by atoms with E-state index in [-0.39, 0.29) is 17.5 Å². The maximum absolute atomic E-state index is 14.1. The summed E-state index contributed by atoms with van der Waals surface area (Å²) in [5.74, 6) is -0.385. The van der Waals surface area contributed by atoms with E-state index in [2.05, 4.69) is 18.7 Å². The van der Waals surface area contributed by atoms with E-state index in [4.69, 9.17) is 10.5 Å². The second kappa shape index (κ2) is 8.13. The molecule has 158 valence electrons. The van der Waals surface area contributed by atoms with E-state index in [1.165, 1.54) is 17.2 Å². The normalized spacial score (nSPS) is 27.8. The molecule has 0 saturated carbocycles. The van der Waals surface area contributed by atoms with Gasteiger partial charge in [0.25, 0.3) is 0 Å². The summed E-state index contributed by atoms with van der Waals surface area (Å²) in [6.45, 7) is 7.63. The van der Waals surface area contributed by atoms with E-state index in [1.54, 1.807) is 0 Å². The van der Waals surface area contributed by atoms with Crippen LogP contribution in [0.1, 0.15) is 38.4 Å². The fraction of sp³-hybridized carbons (Fsp3) is 0.591. The van der Waals surface area contributed by atoms with Crippen LogP contribution in [0.5, 0.6) is 0 Å². The van der Waals surface area contributed by atoms with E-state index in [1.807, 2.05) is 4.90 Å². The molecule has 3 atom stereocenters. The summed E-state index contributed by atoms with van der Waals surface area (Å²) in [5, 5.41) is 0.